The van der Waals surface area contributed by atoms with Gasteiger partial charge in [-0.2, -0.15) is 0 Å². The lowest BCUT2D eigenvalue weighted by Crippen LogP contribution is -2.45. The minimum atomic E-state index is -1.24. The van der Waals surface area contributed by atoms with Crippen LogP contribution in [0.5, 0.6) is 0 Å². The summed E-state index contributed by atoms with van der Waals surface area (Å²) in [6.07, 6.45) is -0.0850. The monoisotopic (exact) mass is 417 g/mol. The third kappa shape index (κ3) is 16.2. The van der Waals surface area contributed by atoms with Crippen molar-refractivity contribution in [2.24, 2.45) is 0 Å². The predicted octanol–water partition coefficient (Wildman–Crippen LogP) is -4.09. The molecule has 0 bridgehead atoms. The number of hydrogen-bond donors (Lipinski definition) is 7. The van der Waals surface area contributed by atoms with E-state index in [1.165, 1.54) is 0 Å². The van der Waals surface area contributed by atoms with Crippen molar-refractivity contribution in [1.82, 2.24) is 26.6 Å². The molecule has 0 aromatic rings. The van der Waals surface area contributed by atoms with Crippen molar-refractivity contribution in [1.29, 1.82) is 0 Å². The van der Waals surface area contributed by atoms with Crippen molar-refractivity contribution >= 4 is 41.5 Å². The van der Waals surface area contributed by atoms with Crippen molar-refractivity contribution in [2.75, 3.05) is 32.7 Å². The minimum absolute atomic E-state index is 0.0521. The molecule has 0 radical (unpaired) electrons. The van der Waals surface area contributed by atoms with Crippen LogP contribution < -0.4 is 26.6 Å². The average molecular weight is 417 g/mol. The van der Waals surface area contributed by atoms with Gasteiger partial charge in [0.25, 0.3) is 0 Å². The number of nitrogens with one attached hydrogen (secondary N) is 5. The smallest absolute Gasteiger partial charge is 0.322 e. The number of carbonyl (C=O) groups excluding carboxylic acids is 5. The molecule has 14 heteroatoms. The molecular weight excluding hydrogens is 394 g/mol. The Morgan fingerprint density at radius 2 is 0.793 bits per heavy atom. The van der Waals surface area contributed by atoms with Crippen LogP contribution in [0.4, 0.5) is 0 Å². The molecule has 0 saturated heterocycles. The summed E-state index contributed by atoms with van der Waals surface area (Å²) in [5, 5.41) is 27.6. The molecule has 0 aliphatic heterocycles. The molecule has 0 spiro atoms. The molecule has 7 N–H and O–H groups in total. The van der Waals surface area contributed by atoms with Gasteiger partial charge in [-0.25, -0.2) is 0 Å². The molecule has 0 heterocycles. The van der Waals surface area contributed by atoms with E-state index >= 15 is 0 Å². The van der Waals surface area contributed by atoms with E-state index in [1.54, 1.807) is 0 Å². The Labute approximate surface area is 164 Å². The van der Waals surface area contributed by atoms with Gasteiger partial charge in [-0.1, -0.05) is 0 Å². The summed E-state index contributed by atoms with van der Waals surface area (Å²) in [7, 11) is 0. The van der Waals surface area contributed by atoms with Gasteiger partial charge in [0.05, 0.1) is 26.2 Å². The van der Waals surface area contributed by atoms with Crippen LogP contribution in [0.15, 0.2) is 0 Å². The summed E-state index contributed by atoms with van der Waals surface area (Å²) in [5.41, 5.74) is 0. The Morgan fingerprint density at radius 3 is 1.14 bits per heavy atom. The van der Waals surface area contributed by atoms with Gasteiger partial charge in [0.2, 0.25) is 29.5 Å². The molecule has 5 amide bonds. The normalized spacial score (nSPS) is 9.66. The fourth-order valence-corrected chi connectivity index (χ4v) is 1.63. The minimum Gasteiger partial charge on any atom is -0.481 e. The van der Waals surface area contributed by atoms with Crippen molar-refractivity contribution in [3.05, 3.63) is 0 Å². The largest absolute Gasteiger partial charge is 0.481 e. The molecule has 0 unspecified atom stereocenters. The summed E-state index contributed by atoms with van der Waals surface area (Å²) in [6.45, 7) is -2.38. The third-order valence-corrected chi connectivity index (χ3v) is 3.02. The fourth-order valence-electron chi connectivity index (χ4n) is 1.63. The van der Waals surface area contributed by atoms with E-state index in [2.05, 4.69) is 21.3 Å². The molecule has 0 rings (SSSR count). The molecule has 0 atom stereocenters. The van der Waals surface area contributed by atoms with E-state index in [4.69, 9.17) is 10.2 Å². The molecule has 0 fully saturated rings. The second kappa shape index (κ2) is 14.4. The van der Waals surface area contributed by atoms with Crippen LogP contribution in [0.1, 0.15) is 19.3 Å². The molecule has 0 aromatic carbocycles. The number of carboxylic acid groups (broad SMARTS) is 2. The Kier molecular flexibility index (Phi) is 12.5. The Bertz CT molecular complexity index is 650. The van der Waals surface area contributed by atoms with Crippen LogP contribution in [0.25, 0.3) is 0 Å². The van der Waals surface area contributed by atoms with Gasteiger partial charge >= 0.3 is 11.9 Å². The summed E-state index contributed by atoms with van der Waals surface area (Å²) in [6, 6.07) is 0. The van der Waals surface area contributed by atoms with Crippen LogP contribution >= 0.6 is 0 Å². The SMILES string of the molecule is O=C(O)CCCC(=O)NCC(=O)NCC(=O)NCC(=O)NCC(=O)NCC(=O)O. The lowest BCUT2D eigenvalue weighted by atomic mass is 10.2. The summed E-state index contributed by atoms with van der Waals surface area (Å²) in [4.78, 5) is 77.6. The van der Waals surface area contributed by atoms with Crippen LogP contribution in [0.3, 0.4) is 0 Å². The van der Waals surface area contributed by atoms with Crippen LogP contribution in [0, 0.1) is 0 Å². The lowest BCUT2D eigenvalue weighted by molar-refractivity contribution is -0.138. The van der Waals surface area contributed by atoms with E-state index in [0.29, 0.717) is 0 Å². The lowest BCUT2D eigenvalue weighted by Gasteiger charge is -2.08. The first kappa shape index (κ1) is 25.3. The number of amides is 5. The maximum Gasteiger partial charge on any atom is 0.322 e. The van der Waals surface area contributed by atoms with E-state index < -0.39 is 74.2 Å². The maximum absolute atomic E-state index is 11.5. The molecule has 0 aliphatic rings. The van der Waals surface area contributed by atoms with Gasteiger partial charge in [-0.3, -0.25) is 33.6 Å². The van der Waals surface area contributed by atoms with Crippen molar-refractivity contribution in [2.45, 2.75) is 19.3 Å². The van der Waals surface area contributed by atoms with E-state index in [9.17, 15) is 33.6 Å². The van der Waals surface area contributed by atoms with E-state index in [-0.39, 0.29) is 19.3 Å². The maximum atomic E-state index is 11.5. The zero-order valence-corrected chi connectivity index (χ0v) is 15.4. The zero-order chi connectivity index (χ0) is 22.2. The first-order valence-electron chi connectivity index (χ1n) is 8.37. The zero-order valence-electron chi connectivity index (χ0n) is 15.4. The summed E-state index contributed by atoms with van der Waals surface area (Å²) < 4.78 is 0. The highest BCUT2D eigenvalue weighted by Gasteiger charge is 2.10. The molecule has 0 aromatic heterocycles. The molecule has 0 saturated carbocycles. The fraction of sp³-hybridized carbons (Fsp3) is 0.533. The van der Waals surface area contributed by atoms with E-state index in [1.807, 2.05) is 5.32 Å². The van der Waals surface area contributed by atoms with Gasteiger partial charge in [0.1, 0.15) is 6.54 Å². The third-order valence-electron chi connectivity index (χ3n) is 3.02. The van der Waals surface area contributed by atoms with Gasteiger partial charge in [-0.15, -0.1) is 0 Å². The van der Waals surface area contributed by atoms with Gasteiger partial charge in [-0.05, 0) is 6.42 Å². The number of hydrogen-bond acceptors (Lipinski definition) is 7. The Morgan fingerprint density at radius 1 is 0.448 bits per heavy atom. The molecule has 0 aliphatic carbocycles. The van der Waals surface area contributed by atoms with Gasteiger partial charge < -0.3 is 36.8 Å². The van der Waals surface area contributed by atoms with Crippen LogP contribution in [-0.2, 0) is 33.6 Å². The summed E-state index contributed by atoms with van der Waals surface area (Å²) >= 11 is 0. The molecule has 162 valence electrons. The number of carboxylic acids is 2. The second-order valence-corrected chi connectivity index (χ2v) is 5.52. The van der Waals surface area contributed by atoms with Crippen molar-refractivity contribution in [3.8, 4) is 0 Å². The van der Waals surface area contributed by atoms with Gasteiger partial charge in [0, 0.05) is 12.8 Å². The first-order valence-corrected chi connectivity index (χ1v) is 8.37. The quantitative estimate of drug-likeness (QED) is 0.146. The second-order valence-electron chi connectivity index (χ2n) is 5.52. The highest BCUT2D eigenvalue weighted by atomic mass is 16.4. The molecule has 14 nitrogen and oxygen atoms in total. The first-order chi connectivity index (χ1) is 13.6. The number of rotatable bonds is 14. The van der Waals surface area contributed by atoms with Crippen LogP contribution in [0.2, 0.25) is 0 Å². The molecular formula is C15H23N5O9. The van der Waals surface area contributed by atoms with Crippen molar-refractivity contribution in [3.63, 3.8) is 0 Å². The highest BCUT2D eigenvalue weighted by Crippen LogP contribution is 1.94. The highest BCUT2D eigenvalue weighted by molar-refractivity contribution is 5.91. The molecule has 29 heavy (non-hydrogen) atoms. The average Bonchev–Trinajstić information content (AvgIpc) is 2.65. The van der Waals surface area contributed by atoms with Gasteiger partial charge in [0.15, 0.2) is 0 Å². The Hall–Kier alpha value is -3.71. The number of carbonyl (C=O) groups is 7. The topological polar surface area (TPSA) is 220 Å². The Balaban J connectivity index is 3.83. The predicted molar refractivity (Wildman–Crippen MR) is 94.2 cm³/mol. The van der Waals surface area contributed by atoms with Crippen LogP contribution in [-0.4, -0.2) is 84.4 Å². The van der Waals surface area contributed by atoms with Crippen molar-refractivity contribution < 1.29 is 43.8 Å². The standard InChI is InChI=1S/C15H23N5O9/c21-9(2-1-3-14(26)27)16-4-10(22)17-5-11(23)18-6-12(24)19-7-13(25)20-8-15(28)29/h1-8H2,(H,16,21)(H,17,22)(H,18,23)(H,19,24)(H,20,25)(H,26,27)(H,28,29). The number of aliphatic carboxylic acids is 2. The summed E-state index contributed by atoms with van der Waals surface area (Å²) in [5.74, 6) is -5.56. The van der Waals surface area contributed by atoms with E-state index in [0.717, 1.165) is 0 Å².